The van der Waals surface area contributed by atoms with Gasteiger partial charge in [0.1, 0.15) is 0 Å². The summed E-state index contributed by atoms with van der Waals surface area (Å²) in [5.41, 5.74) is 0. The fraction of sp³-hybridized carbons (Fsp3) is 0.923. The van der Waals surface area contributed by atoms with Gasteiger partial charge in [0, 0.05) is 14.0 Å². The van der Waals surface area contributed by atoms with Gasteiger partial charge in [0.25, 0.3) is 0 Å². The van der Waals surface area contributed by atoms with Crippen LogP contribution in [0.5, 0.6) is 0 Å². The quantitative estimate of drug-likeness (QED) is 0.428. The Morgan fingerprint density at radius 1 is 1.00 bits per heavy atom. The zero-order valence-electron chi connectivity index (χ0n) is 12.7. The second-order valence-corrected chi connectivity index (χ2v) is 5.21. The summed E-state index contributed by atoms with van der Waals surface area (Å²) in [5, 5.41) is 7.00. The predicted octanol–water partition coefficient (Wildman–Crippen LogP) is 5.14. The average molecular weight is 340 g/mol. The highest BCUT2D eigenvalue weighted by atomic mass is 35.6. The molecule has 0 aromatic heterocycles. The molecule has 0 rings (SSSR count). The van der Waals surface area contributed by atoms with Gasteiger partial charge in [-0.05, 0) is 6.92 Å². The number of esters is 1. The summed E-state index contributed by atoms with van der Waals surface area (Å²) in [6.45, 7) is 8.14. The fourth-order valence-corrected chi connectivity index (χ4v) is 0.880. The van der Waals surface area contributed by atoms with E-state index in [1.807, 2.05) is 0 Å². The van der Waals surface area contributed by atoms with Crippen LogP contribution in [-0.4, -0.2) is 29.1 Å². The molecule has 0 bridgehead atoms. The molecule has 0 atom stereocenters. The minimum atomic E-state index is -0.750. The topological polar surface area (TPSA) is 46.5 Å². The third kappa shape index (κ3) is 91.2. The number of hydrogen-bond acceptors (Lipinski definition) is 3. The molecule has 0 unspecified atom stereocenters. The summed E-state index contributed by atoms with van der Waals surface area (Å²) in [4.78, 5) is 9.82. The van der Waals surface area contributed by atoms with Crippen molar-refractivity contribution in [1.29, 1.82) is 0 Å². The lowest BCUT2D eigenvalue weighted by Crippen LogP contribution is -1.95. The van der Waals surface area contributed by atoms with Crippen LogP contribution >= 0.6 is 34.8 Å². The first-order valence-electron chi connectivity index (χ1n) is 6.42. The largest absolute Gasteiger partial charge is 0.466 e. The van der Waals surface area contributed by atoms with Gasteiger partial charge in [-0.25, -0.2) is 0 Å². The number of rotatable bonds is 5. The van der Waals surface area contributed by atoms with Gasteiger partial charge in [-0.15, -0.1) is 0 Å². The van der Waals surface area contributed by atoms with E-state index < -0.39 is 4.30 Å². The van der Waals surface area contributed by atoms with Crippen molar-refractivity contribution >= 4 is 40.8 Å². The fourth-order valence-electron chi connectivity index (χ4n) is 0.880. The second kappa shape index (κ2) is 31.0. The maximum Gasteiger partial charge on any atom is 0.302 e. The van der Waals surface area contributed by atoms with Gasteiger partial charge in [-0.1, -0.05) is 80.8 Å². The Balaban J connectivity index is -0.0000000858. The van der Waals surface area contributed by atoms with Crippen molar-refractivity contribution < 1.29 is 14.6 Å². The monoisotopic (exact) mass is 338 g/mol. The Hall–Kier alpha value is 0.300. The minimum absolute atomic E-state index is 0.211. The molecule has 3 nitrogen and oxygen atoms in total. The van der Waals surface area contributed by atoms with Crippen molar-refractivity contribution in [1.82, 2.24) is 0 Å². The number of alkyl halides is 3. The number of hydrogen-bond donors (Lipinski definition) is 1. The van der Waals surface area contributed by atoms with Crippen molar-refractivity contribution in [2.24, 2.45) is 0 Å². The predicted molar refractivity (Wildman–Crippen MR) is 86.2 cm³/mol. The lowest BCUT2D eigenvalue weighted by atomic mass is 10.2. The highest BCUT2D eigenvalue weighted by molar-refractivity contribution is 6.63. The number of carbonyl (C=O) groups excluding carboxylic acids is 1. The molecule has 0 saturated heterocycles. The average Bonchev–Trinajstić information content (AvgIpc) is 2.32. The molecule has 0 aliphatic rings. The van der Waals surface area contributed by atoms with Crippen molar-refractivity contribution in [3.05, 3.63) is 0 Å². The lowest BCUT2D eigenvalue weighted by molar-refractivity contribution is -0.140. The van der Waals surface area contributed by atoms with Crippen LogP contribution in [0.25, 0.3) is 0 Å². The molecule has 0 aliphatic heterocycles. The maximum atomic E-state index is 9.82. The van der Waals surface area contributed by atoms with Crippen LogP contribution in [0.1, 0.15) is 59.8 Å². The molecule has 0 amide bonds. The highest BCUT2D eigenvalue weighted by Crippen LogP contribution is 2.03. The molecular formula is C13H29Cl3O3. The van der Waals surface area contributed by atoms with Crippen LogP contribution in [0.2, 0.25) is 0 Å². The SMILES string of the molecule is CCCCCCC.CCOC(C)=O.CO.ClC(Cl)Cl. The molecule has 0 saturated carbocycles. The lowest BCUT2D eigenvalue weighted by Gasteiger charge is -1.90. The van der Waals surface area contributed by atoms with Gasteiger partial charge in [0.05, 0.1) is 6.61 Å². The van der Waals surface area contributed by atoms with E-state index in [0.717, 1.165) is 7.11 Å². The van der Waals surface area contributed by atoms with Gasteiger partial charge < -0.3 is 9.84 Å². The Kier molecular flexibility index (Phi) is 45.0. The van der Waals surface area contributed by atoms with Crippen LogP contribution in [-0.2, 0) is 9.53 Å². The number of aliphatic hydroxyl groups is 1. The van der Waals surface area contributed by atoms with Gasteiger partial charge in [-0.2, -0.15) is 0 Å². The van der Waals surface area contributed by atoms with E-state index in [-0.39, 0.29) is 5.97 Å². The first-order chi connectivity index (χ1) is 8.92. The third-order valence-electron chi connectivity index (χ3n) is 1.55. The minimum Gasteiger partial charge on any atom is -0.466 e. The Morgan fingerprint density at radius 2 is 1.32 bits per heavy atom. The van der Waals surface area contributed by atoms with Gasteiger partial charge in [-0.3, -0.25) is 4.79 Å². The first-order valence-corrected chi connectivity index (χ1v) is 7.73. The smallest absolute Gasteiger partial charge is 0.302 e. The highest BCUT2D eigenvalue weighted by Gasteiger charge is 1.81. The zero-order chi connectivity index (χ0) is 16.1. The van der Waals surface area contributed by atoms with Crippen LogP contribution in [0.3, 0.4) is 0 Å². The van der Waals surface area contributed by atoms with E-state index in [0.29, 0.717) is 6.61 Å². The first kappa shape index (κ1) is 27.6. The van der Waals surface area contributed by atoms with Crippen molar-refractivity contribution in [3.63, 3.8) is 0 Å². The number of unbranched alkanes of at least 4 members (excludes halogenated alkanes) is 4. The molecule has 0 aliphatic carbocycles. The summed E-state index contributed by atoms with van der Waals surface area (Å²) >= 11 is 14.4. The zero-order valence-corrected chi connectivity index (χ0v) is 15.0. The molecule has 0 radical (unpaired) electrons. The van der Waals surface area contributed by atoms with E-state index in [1.54, 1.807) is 6.92 Å². The molecule has 0 aromatic rings. The van der Waals surface area contributed by atoms with E-state index in [2.05, 4.69) is 18.6 Å². The summed E-state index contributed by atoms with van der Waals surface area (Å²) in [5.74, 6) is -0.211. The molecule has 19 heavy (non-hydrogen) atoms. The molecular weight excluding hydrogens is 310 g/mol. The molecule has 1 N–H and O–H groups in total. The molecule has 0 heterocycles. The van der Waals surface area contributed by atoms with Crippen LogP contribution in [0, 0.1) is 0 Å². The standard InChI is InChI=1S/C7H16.C4H8O2.CHCl3.CH4O/c1-3-5-7-6-4-2;1-3-6-4(2)5;2-1(3)4;1-2/h3-7H2,1-2H3;3H2,1-2H3;1H;2H,1H3. The summed E-state index contributed by atoms with van der Waals surface area (Å²) in [7, 11) is 1.00. The molecule has 0 spiro atoms. The van der Waals surface area contributed by atoms with E-state index in [4.69, 9.17) is 39.9 Å². The number of halogens is 3. The van der Waals surface area contributed by atoms with Crippen LogP contribution in [0.4, 0.5) is 0 Å². The van der Waals surface area contributed by atoms with Crippen molar-refractivity contribution in [3.8, 4) is 0 Å². The van der Waals surface area contributed by atoms with Gasteiger partial charge >= 0.3 is 5.97 Å². The number of ether oxygens (including phenoxy) is 1. The van der Waals surface area contributed by atoms with Crippen molar-refractivity contribution in [2.75, 3.05) is 13.7 Å². The summed E-state index contributed by atoms with van der Waals surface area (Å²) < 4.78 is 3.65. The second-order valence-electron chi connectivity index (χ2n) is 3.23. The Bertz CT molecular complexity index is 138. The Morgan fingerprint density at radius 3 is 1.42 bits per heavy atom. The Labute approximate surface area is 133 Å². The molecule has 120 valence electrons. The van der Waals surface area contributed by atoms with Crippen LogP contribution < -0.4 is 0 Å². The van der Waals surface area contributed by atoms with Gasteiger partial charge in [0.2, 0.25) is 0 Å². The van der Waals surface area contributed by atoms with E-state index in [9.17, 15) is 4.79 Å². The number of aliphatic hydroxyl groups excluding tert-OH is 1. The third-order valence-corrected chi connectivity index (χ3v) is 1.55. The van der Waals surface area contributed by atoms with Crippen molar-refractivity contribution in [2.45, 2.75) is 64.1 Å². The van der Waals surface area contributed by atoms with E-state index >= 15 is 0 Å². The van der Waals surface area contributed by atoms with Crippen LogP contribution in [0.15, 0.2) is 0 Å². The molecule has 0 aromatic carbocycles. The maximum absolute atomic E-state index is 9.82. The molecule has 6 heteroatoms. The summed E-state index contributed by atoms with van der Waals surface area (Å²) in [6, 6.07) is 0. The normalized spacial score (nSPS) is 8.11. The van der Waals surface area contributed by atoms with Gasteiger partial charge in [0.15, 0.2) is 4.30 Å². The van der Waals surface area contributed by atoms with E-state index in [1.165, 1.54) is 39.0 Å². The summed E-state index contributed by atoms with van der Waals surface area (Å²) in [6.07, 6.45) is 7.01. The number of carbonyl (C=O) groups is 1. The molecule has 0 fully saturated rings.